The van der Waals surface area contributed by atoms with E-state index in [9.17, 15) is 23.4 Å². The van der Waals surface area contributed by atoms with Crippen LogP contribution in [-0.4, -0.2) is 35.3 Å². The molecule has 1 aliphatic rings. The van der Waals surface area contributed by atoms with Crippen LogP contribution in [0.25, 0.3) is 10.2 Å². The van der Waals surface area contributed by atoms with Gasteiger partial charge in [-0.15, -0.1) is 0 Å². The minimum Gasteiger partial charge on any atom is -0.476 e. The minimum absolute atomic E-state index is 0.0201. The number of benzene rings is 3. The number of fused-ring (bicyclic) bond motifs is 1. The molecule has 3 N–H and O–H groups in total. The number of hydrogen-bond donors (Lipinski definition) is 3. The average Bonchev–Trinajstić information content (AvgIpc) is 3.65. The minimum atomic E-state index is -3.39. The largest absolute Gasteiger partial charge is 0.476 e. The molecule has 0 radical (unpaired) electrons. The second kappa shape index (κ2) is 12.1. The zero-order valence-corrected chi connectivity index (χ0v) is 23.8. The van der Waals surface area contributed by atoms with Crippen molar-refractivity contribution in [2.75, 3.05) is 11.1 Å². The Morgan fingerprint density at radius 1 is 1.02 bits per heavy atom. The second-order valence-corrected chi connectivity index (χ2v) is 13.2. The molecule has 5 rings (SSSR count). The van der Waals surface area contributed by atoms with Crippen LogP contribution in [0, 0.1) is 0 Å². The van der Waals surface area contributed by atoms with E-state index in [4.69, 9.17) is 4.74 Å². The summed E-state index contributed by atoms with van der Waals surface area (Å²) in [5.41, 5.74) is 3.52. The van der Waals surface area contributed by atoms with Crippen molar-refractivity contribution in [1.29, 1.82) is 0 Å². The average molecular weight is 581 g/mol. The first-order valence-electron chi connectivity index (χ1n) is 13.4. The molecule has 1 unspecified atom stereocenters. The summed E-state index contributed by atoms with van der Waals surface area (Å²) in [7, 11) is -3.39. The molecule has 0 aliphatic heterocycles. The maximum Gasteiger partial charge on any atom is 0.271 e. The van der Waals surface area contributed by atoms with E-state index in [1.54, 1.807) is 31.2 Å². The highest BCUT2D eigenvalue weighted by Gasteiger charge is 2.26. The first-order chi connectivity index (χ1) is 19.3. The van der Waals surface area contributed by atoms with Gasteiger partial charge in [-0.05, 0) is 71.8 Å². The lowest BCUT2D eigenvalue weighted by molar-refractivity contribution is -0.123. The number of carbonyl (C=O) groups excluding carboxylic acids is 1. The Balaban J connectivity index is 1.43. The number of sulfone groups is 1. The Morgan fingerprint density at radius 2 is 1.68 bits per heavy atom. The smallest absolute Gasteiger partial charge is 0.271 e. The molecule has 0 spiro atoms. The maximum atomic E-state index is 13.6. The number of carbonyl (C=O) groups is 1. The predicted molar refractivity (Wildman–Crippen MR) is 155 cm³/mol. The normalized spacial score (nSPS) is 14.9. The van der Waals surface area contributed by atoms with Gasteiger partial charge in [-0.25, -0.2) is 13.4 Å². The summed E-state index contributed by atoms with van der Waals surface area (Å²) in [6, 6.07) is 17.4. The van der Waals surface area contributed by atoms with Gasteiger partial charge in [0.25, 0.3) is 5.91 Å². The Morgan fingerprint density at radius 3 is 2.30 bits per heavy atom. The van der Waals surface area contributed by atoms with Crippen LogP contribution in [0.3, 0.4) is 0 Å². The molecule has 1 aromatic heterocycles. The number of anilines is 1. The molecule has 1 saturated carbocycles. The zero-order valence-electron chi connectivity index (χ0n) is 22.2. The van der Waals surface area contributed by atoms with E-state index in [1.165, 1.54) is 54.7 Å². The molecular formula is C30H32N2O6S2. The molecule has 0 bridgehead atoms. The van der Waals surface area contributed by atoms with Crippen LogP contribution in [0.1, 0.15) is 66.9 Å². The van der Waals surface area contributed by atoms with Crippen LogP contribution in [0.5, 0.6) is 5.75 Å². The number of hydrogen-bond acceptors (Lipinski definition) is 8. The number of nitrogens with zero attached hydrogens (tertiary/aromatic N) is 1. The summed E-state index contributed by atoms with van der Waals surface area (Å²) in [6.45, 7) is 1.14. The van der Waals surface area contributed by atoms with E-state index in [0.717, 1.165) is 4.70 Å². The summed E-state index contributed by atoms with van der Waals surface area (Å²) in [5, 5.41) is 22.4. The monoisotopic (exact) mass is 580 g/mol. The van der Waals surface area contributed by atoms with Gasteiger partial charge in [0.15, 0.2) is 15.0 Å². The van der Waals surface area contributed by atoms with Gasteiger partial charge in [-0.1, -0.05) is 55.4 Å². The molecule has 210 valence electrons. The van der Waals surface area contributed by atoms with Gasteiger partial charge in [0.2, 0.25) is 6.10 Å². The van der Waals surface area contributed by atoms with Gasteiger partial charge >= 0.3 is 0 Å². The molecule has 10 heteroatoms. The van der Waals surface area contributed by atoms with Crippen molar-refractivity contribution in [2.24, 2.45) is 0 Å². The van der Waals surface area contributed by atoms with Crippen molar-refractivity contribution in [3.8, 4) is 5.75 Å². The highest BCUT2D eigenvalue weighted by molar-refractivity contribution is 7.91. The SMILES string of the molecule is CCS(=O)(=O)c1ccc(C(Oc2ccc(C3CCCC3)cc2)C(=O)Nc2nc3cc(CO)c(CO)cc3s2)cc1. The van der Waals surface area contributed by atoms with Crippen LogP contribution in [0.15, 0.2) is 65.6 Å². The fraction of sp³-hybridized carbons (Fsp3) is 0.333. The Kier molecular flexibility index (Phi) is 8.51. The van der Waals surface area contributed by atoms with Crippen molar-refractivity contribution < 1.29 is 28.2 Å². The summed E-state index contributed by atoms with van der Waals surface area (Å²) in [4.78, 5) is 18.3. The Bertz CT molecular complexity index is 1550. The summed E-state index contributed by atoms with van der Waals surface area (Å²) in [5.74, 6) is 0.595. The van der Waals surface area contributed by atoms with Gasteiger partial charge in [-0.2, -0.15) is 0 Å². The molecule has 4 aromatic rings. The van der Waals surface area contributed by atoms with Crippen LogP contribution in [0.2, 0.25) is 0 Å². The number of nitrogens with one attached hydrogen (secondary N) is 1. The van der Waals surface area contributed by atoms with E-state index in [2.05, 4.69) is 10.3 Å². The predicted octanol–water partition coefficient (Wildman–Crippen LogP) is 5.49. The molecule has 8 nitrogen and oxygen atoms in total. The van der Waals surface area contributed by atoms with Gasteiger partial charge in [0, 0.05) is 5.56 Å². The van der Waals surface area contributed by atoms with Crippen molar-refractivity contribution in [1.82, 2.24) is 4.98 Å². The number of aromatic nitrogens is 1. The van der Waals surface area contributed by atoms with Crippen molar-refractivity contribution in [3.05, 3.63) is 82.9 Å². The Hall–Kier alpha value is -3.31. The van der Waals surface area contributed by atoms with Gasteiger partial charge < -0.3 is 14.9 Å². The fourth-order valence-corrected chi connectivity index (χ4v) is 6.88. The molecule has 1 atom stereocenters. The van der Waals surface area contributed by atoms with E-state index < -0.39 is 21.8 Å². The quantitative estimate of drug-likeness (QED) is 0.226. The highest BCUT2D eigenvalue weighted by atomic mass is 32.2. The molecule has 3 aromatic carbocycles. The number of ether oxygens (including phenoxy) is 1. The highest BCUT2D eigenvalue weighted by Crippen LogP contribution is 2.35. The van der Waals surface area contributed by atoms with Gasteiger partial charge in [0.1, 0.15) is 5.75 Å². The third-order valence-corrected chi connectivity index (χ3v) is 10.1. The third kappa shape index (κ3) is 6.05. The lowest BCUT2D eigenvalue weighted by Crippen LogP contribution is -2.25. The summed E-state index contributed by atoms with van der Waals surface area (Å²) < 4.78 is 31.6. The van der Waals surface area contributed by atoms with E-state index >= 15 is 0 Å². The first kappa shape index (κ1) is 28.2. The van der Waals surface area contributed by atoms with E-state index in [0.29, 0.717) is 39.0 Å². The molecular weight excluding hydrogens is 548 g/mol. The second-order valence-electron chi connectivity index (χ2n) is 9.93. The zero-order chi connectivity index (χ0) is 28.3. The number of thiazole rings is 1. The van der Waals surface area contributed by atoms with Gasteiger partial charge in [0.05, 0.1) is 34.1 Å². The Labute approximate surface area is 237 Å². The number of rotatable bonds is 10. The third-order valence-electron chi connectivity index (χ3n) is 7.40. The maximum absolute atomic E-state index is 13.6. The van der Waals surface area contributed by atoms with Crippen molar-refractivity contribution in [2.45, 2.75) is 62.7 Å². The first-order valence-corrected chi connectivity index (χ1v) is 15.8. The molecule has 1 heterocycles. The van der Waals surface area contributed by atoms with E-state index in [-0.39, 0.29) is 23.9 Å². The molecule has 40 heavy (non-hydrogen) atoms. The lowest BCUT2D eigenvalue weighted by Gasteiger charge is -2.19. The van der Waals surface area contributed by atoms with Crippen LogP contribution < -0.4 is 10.1 Å². The van der Waals surface area contributed by atoms with Gasteiger partial charge in [-0.3, -0.25) is 10.1 Å². The molecule has 0 saturated heterocycles. The standard InChI is InChI=1S/C30H32N2O6S2/c1-2-40(36,37)25-13-9-21(10-14-25)28(38-24-11-7-20(8-12-24)19-5-3-4-6-19)29(35)32-30-31-26-15-22(17-33)23(18-34)16-27(26)39-30/h7-16,19,28,33-34H,2-6,17-18H2,1H3,(H,31,32,35). The molecule has 1 aliphatic carbocycles. The fourth-order valence-electron chi connectivity index (χ4n) is 5.08. The topological polar surface area (TPSA) is 126 Å². The van der Waals surface area contributed by atoms with Crippen molar-refractivity contribution >= 4 is 42.4 Å². The summed E-state index contributed by atoms with van der Waals surface area (Å²) >= 11 is 1.25. The summed E-state index contributed by atoms with van der Waals surface area (Å²) in [6.07, 6.45) is 3.77. The van der Waals surface area contributed by atoms with Crippen LogP contribution in [0.4, 0.5) is 5.13 Å². The van der Waals surface area contributed by atoms with Crippen LogP contribution in [-0.2, 0) is 27.8 Å². The molecule has 1 fully saturated rings. The number of aliphatic hydroxyl groups excluding tert-OH is 2. The number of aliphatic hydroxyl groups is 2. The van der Waals surface area contributed by atoms with Crippen molar-refractivity contribution in [3.63, 3.8) is 0 Å². The molecule has 1 amide bonds. The number of amides is 1. The van der Waals surface area contributed by atoms with Crippen LogP contribution >= 0.6 is 11.3 Å². The van der Waals surface area contributed by atoms with E-state index in [1.807, 2.05) is 24.3 Å². The lowest BCUT2D eigenvalue weighted by atomic mass is 9.98.